The minimum atomic E-state index is -0.0384. The maximum absolute atomic E-state index is 13.2. The van der Waals surface area contributed by atoms with Crippen LogP contribution in [-0.2, 0) is 17.8 Å². The van der Waals surface area contributed by atoms with E-state index >= 15 is 0 Å². The summed E-state index contributed by atoms with van der Waals surface area (Å²) in [5.74, 6) is 1.71. The fraction of sp³-hybridized carbons (Fsp3) is 0.346. The van der Waals surface area contributed by atoms with Crippen molar-refractivity contribution in [3.05, 3.63) is 72.3 Å². The first-order chi connectivity index (χ1) is 15.7. The molecule has 1 amide bonds. The van der Waals surface area contributed by atoms with Crippen LogP contribution in [0, 0.1) is 5.92 Å². The van der Waals surface area contributed by atoms with Crippen LogP contribution < -0.4 is 10.1 Å². The van der Waals surface area contributed by atoms with E-state index in [1.807, 2.05) is 60.9 Å². The van der Waals surface area contributed by atoms with Crippen molar-refractivity contribution in [1.82, 2.24) is 14.9 Å². The quantitative estimate of drug-likeness (QED) is 0.595. The van der Waals surface area contributed by atoms with Gasteiger partial charge in [0.1, 0.15) is 11.6 Å². The van der Waals surface area contributed by atoms with Crippen LogP contribution in [0.15, 0.2) is 60.9 Å². The fourth-order valence-corrected chi connectivity index (χ4v) is 4.17. The van der Waals surface area contributed by atoms with E-state index in [1.54, 1.807) is 7.11 Å². The van der Waals surface area contributed by atoms with Crippen LogP contribution >= 0.6 is 0 Å². The van der Waals surface area contributed by atoms with Crippen LogP contribution in [0.5, 0.6) is 5.75 Å². The van der Waals surface area contributed by atoms with Gasteiger partial charge in [-0.25, -0.2) is 9.97 Å². The van der Waals surface area contributed by atoms with Gasteiger partial charge in [0.2, 0.25) is 5.91 Å². The number of anilines is 1. The van der Waals surface area contributed by atoms with Crippen molar-refractivity contribution < 1.29 is 9.53 Å². The van der Waals surface area contributed by atoms with Crippen molar-refractivity contribution in [2.45, 2.75) is 32.7 Å². The summed E-state index contributed by atoms with van der Waals surface area (Å²) in [4.78, 5) is 24.3. The Bertz CT molecular complexity index is 1030. The molecule has 0 radical (unpaired) electrons. The molecule has 2 aromatic carbocycles. The van der Waals surface area contributed by atoms with Gasteiger partial charge in [-0.15, -0.1) is 0 Å². The lowest BCUT2D eigenvalue weighted by molar-refractivity contribution is -0.121. The monoisotopic (exact) mass is 430 g/mol. The van der Waals surface area contributed by atoms with Gasteiger partial charge in [0.05, 0.1) is 13.0 Å². The molecule has 0 saturated carbocycles. The van der Waals surface area contributed by atoms with Crippen LogP contribution in [-0.4, -0.2) is 41.0 Å². The van der Waals surface area contributed by atoms with Crippen LogP contribution in [0.2, 0.25) is 0 Å². The largest absolute Gasteiger partial charge is 0.497 e. The van der Waals surface area contributed by atoms with Gasteiger partial charge >= 0.3 is 0 Å². The van der Waals surface area contributed by atoms with E-state index in [-0.39, 0.29) is 11.8 Å². The smallest absolute Gasteiger partial charge is 0.228 e. The lowest BCUT2D eigenvalue weighted by atomic mass is 9.96. The number of nitrogens with zero attached hydrogens (tertiary/aromatic N) is 3. The van der Waals surface area contributed by atoms with Gasteiger partial charge in [0.25, 0.3) is 0 Å². The summed E-state index contributed by atoms with van der Waals surface area (Å²) in [6.45, 7) is 4.56. The van der Waals surface area contributed by atoms with Crippen LogP contribution in [0.25, 0.3) is 11.1 Å². The number of carbonyl (C=O) groups is 1. The van der Waals surface area contributed by atoms with E-state index in [0.717, 1.165) is 72.8 Å². The van der Waals surface area contributed by atoms with E-state index < -0.39 is 0 Å². The summed E-state index contributed by atoms with van der Waals surface area (Å²) in [7, 11) is 1.66. The number of methoxy groups -OCH3 is 1. The molecule has 0 spiro atoms. The summed E-state index contributed by atoms with van der Waals surface area (Å²) in [5, 5.41) is 3.19. The highest BCUT2D eigenvalue weighted by Gasteiger charge is 2.26. The third kappa shape index (κ3) is 5.32. The zero-order valence-electron chi connectivity index (χ0n) is 18.8. The number of likely N-dealkylation sites (tertiary alicyclic amines) is 1. The lowest BCUT2D eigenvalue weighted by Gasteiger charge is -2.32. The number of benzene rings is 2. The van der Waals surface area contributed by atoms with Crippen LogP contribution in [0.1, 0.15) is 31.2 Å². The number of carbonyl (C=O) groups excluding carboxylic acids is 1. The second-order valence-corrected chi connectivity index (χ2v) is 8.20. The van der Waals surface area contributed by atoms with Crippen molar-refractivity contribution in [2.75, 3.05) is 25.5 Å². The van der Waals surface area contributed by atoms with Gasteiger partial charge < -0.3 is 10.1 Å². The molecule has 1 atom stereocenters. The highest BCUT2D eigenvalue weighted by atomic mass is 16.5. The van der Waals surface area contributed by atoms with Crippen molar-refractivity contribution in [2.24, 2.45) is 5.92 Å². The first kappa shape index (κ1) is 22.0. The number of ether oxygens (including phenoxy) is 1. The number of rotatable bonds is 7. The zero-order valence-corrected chi connectivity index (χ0v) is 18.8. The summed E-state index contributed by atoms with van der Waals surface area (Å²) in [6.07, 6.45) is 6.55. The average molecular weight is 431 g/mol. The van der Waals surface area contributed by atoms with Gasteiger partial charge in [-0.1, -0.05) is 37.3 Å². The molecule has 1 fully saturated rings. The SMILES string of the molecule is CCc1ncc(CN2CCC[C@H](C(=O)Nc3ccccc3-c3ccc(OC)cc3)C2)cn1. The predicted molar refractivity (Wildman–Crippen MR) is 126 cm³/mol. The van der Waals surface area contributed by atoms with E-state index in [2.05, 4.69) is 27.1 Å². The Balaban J connectivity index is 1.42. The normalized spacial score (nSPS) is 16.5. The second-order valence-electron chi connectivity index (χ2n) is 8.20. The van der Waals surface area contributed by atoms with Gasteiger partial charge in [0, 0.05) is 48.7 Å². The molecule has 1 N–H and O–H groups in total. The van der Waals surface area contributed by atoms with E-state index in [9.17, 15) is 4.79 Å². The Morgan fingerprint density at radius 3 is 2.59 bits per heavy atom. The van der Waals surface area contributed by atoms with Crippen LogP contribution in [0.3, 0.4) is 0 Å². The summed E-state index contributed by atoms with van der Waals surface area (Å²) < 4.78 is 5.26. The summed E-state index contributed by atoms with van der Waals surface area (Å²) in [5.41, 5.74) is 3.98. The highest BCUT2D eigenvalue weighted by molar-refractivity contribution is 5.97. The molecule has 1 aliphatic rings. The minimum Gasteiger partial charge on any atom is -0.497 e. The molecule has 0 bridgehead atoms. The lowest BCUT2D eigenvalue weighted by Crippen LogP contribution is -2.40. The van der Waals surface area contributed by atoms with E-state index in [1.165, 1.54) is 0 Å². The number of hydrogen-bond acceptors (Lipinski definition) is 5. The molecule has 6 heteroatoms. The number of hydrogen-bond donors (Lipinski definition) is 1. The van der Waals surface area contributed by atoms with Gasteiger partial charge in [-0.2, -0.15) is 0 Å². The molecule has 2 heterocycles. The average Bonchev–Trinajstić information content (AvgIpc) is 2.85. The van der Waals surface area contributed by atoms with Gasteiger partial charge in [-0.3, -0.25) is 9.69 Å². The maximum atomic E-state index is 13.2. The first-order valence-electron chi connectivity index (χ1n) is 11.2. The molecular formula is C26H30N4O2. The Hall–Kier alpha value is -3.25. The topological polar surface area (TPSA) is 67.4 Å². The Kier molecular flexibility index (Phi) is 7.12. The number of nitrogens with one attached hydrogen (secondary N) is 1. The zero-order chi connectivity index (χ0) is 22.3. The standard InChI is InChI=1S/C26H30N4O2/c1-3-25-27-15-19(16-28-25)17-30-14-6-7-21(18-30)26(31)29-24-9-5-4-8-23(24)20-10-12-22(32-2)13-11-20/h4-5,8-13,15-16,21H,3,6-7,14,17-18H2,1-2H3,(H,29,31)/t21-/m0/s1. The van der Waals surface area contributed by atoms with Gasteiger partial charge in [-0.05, 0) is 43.1 Å². The molecule has 4 rings (SSSR count). The van der Waals surface area contributed by atoms with Crippen molar-refractivity contribution >= 4 is 11.6 Å². The molecule has 1 aliphatic heterocycles. The maximum Gasteiger partial charge on any atom is 0.228 e. The third-order valence-corrected chi connectivity index (χ3v) is 5.94. The molecule has 1 aromatic heterocycles. The number of aromatic nitrogens is 2. The fourth-order valence-electron chi connectivity index (χ4n) is 4.17. The summed E-state index contributed by atoms with van der Waals surface area (Å²) in [6, 6.07) is 15.8. The minimum absolute atomic E-state index is 0.0384. The van der Waals surface area contributed by atoms with Crippen molar-refractivity contribution in [3.63, 3.8) is 0 Å². The molecule has 166 valence electrons. The molecule has 32 heavy (non-hydrogen) atoms. The molecular weight excluding hydrogens is 400 g/mol. The van der Waals surface area contributed by atoms with Gasteiger partial charge in [0.15, 0.2) is 0 Å². The van der Waals surface area contributed by atoms with E-state index in [0.29, 0.717) is 0 Å². The summed E-state index contributed by atoms with van der Waals surface area (Å²) >= 11 is 0. The number of aryl methyl sites for hydroxylation is 1. The number of amides is 1. The Labute approximate surface area is 189 Å². The highest BCUT2D eigenvalue weighted by Crippen LogP contribution is 2.30. The van der Waals surface area contributed by atoms with Crippen molar-refractivity contribution in [1.29, 1.82) is 0 Å². The number of piperidine rings is 1. The van der Waals surface area contributed by atoms with E-state index in [4.69, 9.17) is 4.74 Å². The first-order valence-corrected chi connectivity index (χ1v) is 11.2. The number of para-hydroxylation sites is 1. The van der Waals surface area contributed by atoms with Crippen molar-refractivity contribution in [3.8, 4) is 16.9 Å². The Morgan fingerprint density at radius 1 is 1.12 bits per heavy atom. The molecule has 0 aliphatic carbocycles. The molecule has 3 aromatic rings. The molecule has 0 unspecified atom stereocenters. The van der Waals surface area contributed by atoms with Crippen LogP contribution in [0.4, 0.5) is 5.69 Å². The predicted octanol–water partition coefficient (Wildman–Crippen LogP) is 4.57. The second kappa shape index (κ2) is 10.4. The third-order valence-electron chi connectivity index (χ3n) is 5.94. The Morgan fingerprint density at radius 2 is 1.88 bits per heavy atom. The molecule has 1 saturated heterocycles. The molecule has 6 nitrogen and oxygen atoms in total.